The fraction of sp³-hybridized carbons (Fsp3) is 0.607. The number of hydrogen-bond acceptors (Lipinski definition) is 8. The van der Waals surface area contributed by atoms with Crippen LogP contribution in [0, 0.1) is 23.2 Å². The van der Waals surface area contributed by atoms with Gasteiger partial charge in [0.05, 0.1) is 31.0 Å². The molecule has 12 heteroatoms. The summed E-state index contributed by atoms with van der Waals surface area (Å²) < 4.78 is 11.2. The molecule has 4 heterocycles. The average Bonchev–Trinajstić information content (AvgIpc) is 3.68. The lowest BCUT2D eigenvalue weighted by atomic mass is 9.92. The molecule has 2 saturated heterocycles. The van der Waals surface area contributed by atoms with Gasteiger partial charge in [-0.2, -0.15) is 5.26 Å². The highest BCUT2D eigenvalue weighted by Crippen LogP contribution is 2.33. The van der Waals surface area contributed by atoms with Crippen molar-refractivity contribution < 1.29 is 23.9 Å². The van der Waals surface area contributed by atoms with Gasteiger partial charge in [-0.3, -0.25) is 19.3 Å². The first-order chi connectivity index (χ1) is 19.5. The van der Waals surface area contributed by atoms with Crippen LogP contribution in [0.5, 0.6) is 5.88 Å². The van der Waals surface area contributed by atoms with E-state index >= 15 is 0 Å². The van der Waals surface area contributed by atoms with Crippen molar-refractivity contribution in [2.24, 2.45) is 11.8 Å². The number of H-pyrrole nitrogens is 1. The van der Waals surface area contributed by atoms with Gasteiger partial charge >= 0.3 is 0 Å². The lowest BCUT2D eigenvalue weighted by Crippen LogP contribution is -2.50. The molecule has 3 aliphatic rings. The summed E-state index contributed by atoms with van der Waals surface area (Å²) in [6.45, 7) is 5.18. The van der Waals surface area contributed by atoms with E-state index < -0.39 is 23.9 Å². The number of amides is 3. The third kappa shape index (κ3) is 7.49. The maximum Gasteiger partial charge on any atom is 0.268 e. The minimum atomic E-state index is -0.805. The predicted molar refractivity (Wildman–Crippen MR) is 145 cm³/mol. The van der Waals surface area contributed by atoms with E-state index in [2.05, 4.69) is 36.9 Å². The van der Waals surface area contributed by atoms with Crippen LogP contribution in [0.15, 0.2) is 18.3 Å². The number of nitrogens with zero attached hydrogens (tertiary/aromatic N) is 3. The number of carbonyl (C=O) groups excluding carboxylic acids is 3. The zero-order chi connectivity index (χ0) is 27.9. The Morgan fingerprint density at radius 2 is 2.02 bits per heavy atom. The summed E-state index contributed by atoms with van der Waals surface area (Å²) in [4.78, 5) is 48.2. The highest BCUT2D eigenvalue weighted by atomic mass is 16.5. The number of nitrogens with one attached hydrogen (secondary N) is 4. The number of ether oxygens (including phenoxy) is 2. The highest BCUT2D eigenvalue weighted by Gasteiger charge is 2.33. The molecule has 214 valence electrons. The van der Waals surface area contributed by atoms with E-state index in [4.69, 9.17) is 9.47 Å². The summed E-state index contributed by atoms with van der Waals surface area (Å²) in [5, 5.41) is 18.8. The van der Waals surface area contributed by atoms with Gasteiger partial charge in [0.1, 0.15) is 24.4 Å². The van der Waals surface area contributed by atoms with Gasteiger partial charge < -0.3 is 30.4 Å². The molecule has 1 aliphatic carbocycles. The van der Waals surface area contributed by atoms with Crippen molar-refractivity contribution in [1.29, 1.82) is 5.26 Å². The second-order valence-electron chi connectivity index (χ2n) is 10.9. The lowest BCUT2D eigenvalue weighted by molar-refractivity contribution is -0.128. The van der Waals surface area contributed by atoms with Gasteiger partial charge in [0.2, 0.25) is 17.7 Å². The van der Waals surface area contributed by atoms with Crippen LogP contribution in [0.25, 0.3) is 10.9 Å². The van der Waals surface area contributed by atoms with E-state index in [1.54, 1.807) is 18.3 Å². The normalized spacial score (nSPS) is 21.2. The Kier molecular flexibility index (Phi) is 9.13. The number of aromatic nitrogens is 2. The second-order valence-corrected chi connectivity index (χ2v) is 10.9. The molecular weight excluding hydrogens is 514 g/mol. The molecule has 12 nitrogen and oxygen atoms in total. The smallest absolute Gasteiger partial charge is 0.268 e. The number of rotatable bonds is 12. The van der Waals surface area contributed by atoms with Gasteiger partial charge in [-0.25, -0.2) is 4.98 Å². The standard InChI is InChI=1S/C28H37N7O5/c29-16-21(13-19-2-1-5-30-26(19)36)32-27(37)22(12-18-3-4-18)34-28(38)23-14-20-15-25(31-17-24(20)33-23)40-11-8-35-6-9-39-10-7-35/h14-15,17-19,21-22,33H,1-13H2,(H,30,36)(H,32,37)(H,34,38). The Morgan fingerprint density at radius 1 is 1.20 bits per heavy atom. The first-order valence-corrected chi connectivity index (χ1v) is 14.2. The van der Waals surface area contributed by atoms with Gasteiger partial charge in [-0.05, 0) is 37.7 Å². The number of nitriles is 1. The first-order valence-electron chi connectivity index (χ1n) is 14.2. The molecule has 2 aliphatic heterocycles. The summed E-state index contributed by atoms with van der Waals surface area (Å²) in [7, 11) is 0. The minimum absolute atomic E-state index is 0.0810. The number of pyridine rings is 1. The molecule has 3 atom stereocenters. The van der Waals surface area contributed by atoms with E-state index in [0.717, 1.165) is 57.5 Å². The molecule has 0 aromatic carbocycles. The van der Waals surface area contributed by atoms with E-state index in [9.17, 15) is 19.6 Å². The topological polar surface area (TPSA) is 161 Å². The SMILES string of the molecule is N#CC(CC1CCCNC1=O)NC(=O)C(CC1CC1)NC(=O)c1cc2cc(OCCN3CCOCC3)ncc2[nH]1. The molecule has 40 heavy (non-hydrogen) atoms. The summed E-state index contributed by atoms with van der Waals surface area (Å²) in [6, 6.07) is 4.03. The van der Waals surface area contributed by atoms with Gasteiger partial charge in [-0.15, -0.1) is 0 Å². The molecule has 4 N–H and O–H groups in total. The van der Waals surface area contributed by atoms with Crippen molar-refractivity contribution in [3.63, 3.8) is 0 Å². The first kappa shape index (κ1) is 27.9. The van der Waals surface area contributed by atoms with Crippen molar-refractivity contribution in [3.05, 3.63) is 24.0 Å². The van der Waals surface area contributed by atoms with Crippen LogP contribution < -0.4 is 20.7 Å². The fourth-order valence-electron chi connectivity index (χ4n) is 5.23. The monoisotopic (exact) mass is 551 g/mol. The summed E-state index contributed by atoms with van der Waals surface area (Å²) in [6.07, 6.45) is 5.95. The molecule has 5 rings (SSSR count). The van der Waals surface area contributed by atoms with E-state index in [0.29, 0.717) is 49.0 Å². The van der Waals surface area contributed by atoms with Crippen LogP contribution in [0.2, 0.25) is 0 Å². The van der Waals surface area contributed by atoms with Gasteiger partial charge in [0, 0.05) is 43.5 Å². The number of hydrogen-bond donors (Lipinski definition) is 4. The van der Waals surface area contributed by atoms with Crippen molar-refractivity contribution in [1.82, 2.24) is 30.8 Å². The zero-order valence-electron chi connectivity index (χ0n) is 22.6. The largest absolute Gasteiger partial charge is 0.476 e. The molecule has 1 saturated carbocycles. The van der Waals surface area contributed by atoms with Gasteiger partial charge in [0.15, 0.2) is 0 Å². The quantitative estimate of drug-likeness (QED) is 0.305. The lowest BCUT2D eigenvalue weighted by Gasteiger charge is -2.26. The number of carbonyl (C=O) groups is 3. The molecule has 0 radical (unpaired) electrons. The van der Waals surface area contributed by atoms with Crippen LogP contribution in [-0.2, 0) is 14.3 Å². The van der Waals surface area contributed by atoms with Crippen molar-refractivity contribution >= 4 is 28.6 Å². The van der Waals surface area contributed by atoms with Crippen LogP contribution in [-0.4, -0.2) is 90.7 Å². The van der Waals surface area contributed by atoms with Crippen molar-refractivity contribution in [3.8, 4) is 11.9 Å². The molecule has 2 aromatic heterocycles. The molecule has 0 spiro atoms. The summed E-state index contributed by atoms with van der Waals surface area (Å²) in [5.41, 5.74) is 0.996. The van der Waals surface area contributed by atoms with Crippen LogP contribution in [0.4, 0.5) is 0 Å². The van der Waals surface area contributed by atoms with Crippen molar-refractivity contribution in [2.45, 2.75) is 50.6 Å². The fourth-order valence-corrected chi connectivity index (χ4v) is 5.23. The average molecular weight is 552 g/mol. The third-order valence-corrected chi connectivity index (χ3v) is 7.77. The Bertz CT molecular complexity index is 1250. The van der Waals surface area contributed by atoms with Crippen LogP contribution in [0.3, 0.4) is 0 Å². The van der Waals surface area contributed by atoms with Crippen LogP contribution in [0.1, 0.15) is 49.0 Å². The van der Waals surface area contributed by atoms with E-state index in [-0.39, 0.29) is 18.2 Å². The maximum absolute atomic E-state index is 13.2. The zero-order valence-corrected chi connectivity index (χ0v) is 22.6. The maximum atomic E-state index is 13.2. The molecule has 0 bridgehead atoms. The van der Waals surface area contributed by atoms with E-state index in [1.807, 2.05) is 0 Å². The Hall–Kier alpha value is -3.69. The number of fused-ring (bicyclic) bond motifs is 1. The number of morpholine rings is 1. The Labute approximate surface area is 233 Å². The number of piperidine rings is 1. The molecule has 3 unspecified atom stereocenters. The third-order valence-electron chi connectivity index (χ3n) is 7.77. The Balaban J connectivity index is 1.18. The summed E-state index contributed by atoms with van der Waals surface area (Å²) in [5.74, 6) is -0.355. The minimum Gasteiger partial charge on any atom is -0.476 e. The van der Waals surface area contributed by atoms with Gasteiger partial charge in [0.25, 0.3) is 5.91 Å². The van der Waals surface area contributed by atoms with Crippen molar-refractivity contribution in [2.75, 3.05) is 46.0 Å². The number of aromatic amines is 1. The summed E-state index contributed by atoms with van der Waals surface area (Å²) >= 11 is 0. The predicted octanol–water partition coefficient (Wildman–Crippen LogP) is 1.10. The second kappa shape index (κ2) is 13.1. The van der Waals surface area contributed by atoms with E-state index in [1.165, 1.54) is 0 Å². The molecule has 2 aromatic rings. The molecule has 3 fully saturated rings. The van der Waals surface area contributed by atoms with Crippen LogP contribution >= 0.6 is 0 Å². The Morgan fingerprint density at radius 3 is 2.77 bits per heavy atom. The molecule has 3 amide bonds. The highest BCUT2D eigenvalue weighted by molar-refractivity contribution is 6.00. The van der Waals surface area contributed by atoms with Gasteiger partial charge in [-0.1, -0.05) is 12.8 Å². The molecular formula is C28H37N7O5.